The van der Waals surface area contributed by atoms with Crippen LogP contribution in [-0.2, 0) is 14.0 Å². The van der Waals surface area contributed by atoms with Gasteiger partial charge in [-0.15, -0.1) is 0 Å². The number of hydrogen-bond acceptors (Lipinski definition) is 34. The van der Waals surface area contributed by atoms with E-state index in [2.05, 4.69) is 145 Å². The number of carbonyl (C=O) groups excluding carboxylic acids is 1. The van der Waals surface area contributed by atoms with Crippen LogP contribution in [-0.4, -0.2) is 207 Å². The normalized spacial score (nSPS) is 11.8. The van der Waals surface area contributed by atoms with Crippen LogP contribution in [0.25, 0.3) is 44.4 Å². The summed E-state index contributed by atoms with van der Waals surface area (Å²) in [7, 11) is 8.82. The highest BCUT2D eigenvalue weighted by atomic mass is 79.9. The molecule has 0 unspecified atom stereocenters. The lowest BCUT2D eigenvalue weighted by Crippen LogP contribution is -2.41. The molecule has 11 rings (SSSR count). The number of nitrogens with zero attached hydrogens (tertiary/aromatic N) is 13. The third-order valence-electron chi connectivity index (χ3n) is 15.3. The quantitative estimate of drug-likeness (QED) is 0.00359. The van der Waals surface area contributed by atoms with Gasteiger partial charge in [0.1, 0.15) is 11.4 Å². The molecular weight excluding hydrogens is 1620 g/mol. The first kappa shape index (κ1) is 95.1. The number of aromatic nitrogens is 12. The highest BCUT2D eigenvalue weighted by molar-refractivity contribution is 9.10. The molecule has 4 aromatic carbocycles. The Morgan fingerprint density at radius 2 is 0.895 bits per heavy atom. The first-order valence-electron chi connectivity index (χ1n) is 35.2. The molecule has 0 radical (unpaired) electrons. The Bertz CT molecular complexity index is 4490. The Morgan fingerprint density at radius 3 is 1.26 bits per heavy atom. The summed E-state index contributed by atoms with van der Waals surface area (Å²) in [4.78, 5) is 80.6. The Labute approximate surface area is 683 Å². The number of nitrogens with one attached hydrogen (secondary N) is 12. The molecule has 1 amide bonds. The molecule has 114 heavy (non-hydrogen) atoms. The molecule has 24 N–H and O–H groups in total. The topological polar surface area (TPSA) is 589 Å². The minimum atomic E-state index is -0.621. The fourth-order valence-corrected chi connectivity index (χ4v) is 9.25. The maximum atomic E-state index is 11.5. The number of anilines is 9. The third-order valence-corrected chi connectivity index (χ3v) is 16.3. The summed E-state index contributed by atoms with van der Waals surface area (Å²) < 4.78 is 18.2. The predicted molar refractivity (Wildman–Crippen MR) is 461 cm³/mol. The Balaban J connectivity index is 0.000000288. The molecule has 0 atom stereocenters. The first-order valence-corrected chi connectivity index (χ1v) is 37.2. The van der Waals surface area contributed by atoms with Crippen molar-refractivity contribution in [2.24, 2.45) is 11.5 Å². The van der Waals surface area contributed by atoms with E-state index in [1.165, 1.54) is 31.2 Å². The minimum absolute atomic E-state index is 0.122. The van der Waals surface area contributed by atoms with Crippen LogP contribution in [0.2, 0.25) is 5.28 Å². The summed E-state index contributed by atoms with van der Waals surface area (Å²) in [6, 6.07) is 20.5. The lowest BCUT2D eigenvalue weighted by Gasteiger charge is -2.32. The second kappa shape index (κ2) is 50.6. The lowest BCUT2D eigenvalue weighted by molar-refractivity contribution is -0.384. The molecule has 612 valence electrons. The van der Waals surface area contributed by atoms with Gasteiger partial charge in [0, 0.05) is 156 Å². The number of amides is 1. The summed E-state index contributed by atoms with van der Waals surface area (Å²) in [6.45, 7) is 19.4. The summed E-state index contributed by atoms with van der Waals surface area (Å²) in [5.74, 6) is 2.89. The number of imidazole rings is 1. The van der Waals surface area contributed by atoms with Crippen molar-refractivity contribution in [3.8, 4) is 33.4 Å². The van der Waals surface area contributed by atoms with Gasteiger partial charge in [-0.3, -0.25) is 31.0 Å². The molecule has 7 heterocycles. The van der Waals surface area contributed by atoms with E-state index in [0.717, 1.165) is 101 Å². The van der Waals surface area contributed by atoms with Crippen LogP contribution in [0.15, 0.2) is 144 Å². The molecule has 1 aliphatic heterocycles. The summed E-state index contributed by atoms with van der Waals surface area (Å²) in [5.41, 5.74) is 39.8. The van der Waals surface area contributed by atoms with Crippen molar-refractivity contribution in [1.29, 1.82) is 5.41 Å². The molecule has 6 aromatic heterocycles. The first-order chi connectivity index (χ1) is 54.4. The van der Waals surface area contributed by atoms with E-state index < -0.39 is 34.3 Å². The number of hydrogen-bond donors (Lipinski definition) is 18. The van der Waals surface area contributed by atoms with E-state index in [9.17, 15) is 25.0 Å². The number of benzene rings is 4. The molecule has 1 fully saturated rings. The van der Waals surface area contributed by atoms with Crippen LogP contribution in [0.3, 0.4) is 0 Å². The second-order valence-electron chi connectivity index (χ2n) is 24.7. The number of H-pyrrole nitrogens is 1. The van der Waals surface area contributed by atoms with Crippen molar-refractivity contribution >= 4 is 143 Å². The van der Waals surface area contributed by atoms with Gasteiger partial charge in [0.25, 0.3) is 11.4 Å². The van der Waals surface area contributed by atoms with Crippen molar-refractivity contribution in [1.82, 2.24) is 86.4 Å². The van der Waals surface area contributed by atoms with Crippen molar-refractivity contribution in [2.45, 2.75) is 52.7 Å². The summed E-state index contributed by atoms with van der Waals surface area (Å²) in [5, 5.41) is 58.3. The van der Waals surface area contributed by atoms with E-state index in [0.29, 0.717) is 70.9 Å². The number of rotatable bonds is 26. The van der Waals surface area contributed by atoms with E-state index >= 15 is 0 Å². The van der Waals surface area contributed by atoms with Crippen LogP contribution >= 0.6 is 43.5 Å². The molecule has 1 saturated heterocycles. The Kier molecular flexibility index (Phi) is 42.2. The van der Waals surface area contributed by atoms with Crippen LogP contribution in [0, 0.1) is 25.6 Å². The SMILES string of the molecule is CC(=N)N.CC1(C)OB(c2ccc(N)c([N+](=O)[O-])c2)OC1(C)C.CCOC(=O)Nc1nc2ccc(-c3cnc(NCCNC)nc3)cc2[nH]1.CNCCN.CNCCNc1ncc(-c2ccc(N)c(N)c2)cn1.CNCCNc1ncc(-c2ccc(N)c([N+](=O)[O-])c2)cn1.CNCCNc1ncc(Br)cn1.Clc1ncc(Br)cn1. The average Bonchev–Trinajstić information content (AvgIpc) is 1.62. The van der Waals surface area contributed by atoms with Gasteiger partial charge >= 0.3 is 13.2 Å². The molecular formula is C71H101BBr2ClN31O8. The molecule has 0 saturated carbocycles. The zero-order valence-corrected chi connectivity index (χ0v) is 69.2. The zero-order valence-electron chi connectivity index (χ0n) is 65.2. The fourth-order valence-electron chi connectivity index (χ4n) is 8.74. The van der Waals surface area contributed by atoms with Gasteiger partial charge < -0.3 is 101 Å². The highest BCUT2D eigenvalue weighted by Gasteiger charge is 2.52. The number of likely N-dealkylation sites (N-methyl/N-ethyl adjacent to an activating group) is 5. The Hall–Kier alpha value is -11.3. The van der Waals surface area contributed by atoms with E-state index in [1.54, 1.807) is 87.1 Å². The second-order valence-corrected chi connectivity index (χ2v) is 26.8. The number of halogens is 3. The summed E-state index contributed by atoms with van der Waals surface area (Å²) in [6.07, 6.45) is 16.4. The van der Waals surface area contributed by atoms with Crippen molar-refractivity contribution in [2.75, 3.05) is 157 Å². The van der Waals surface area contributed by atoms with Gasteiger partial charge in [-0.2, -0.15) is 0 Å². The van der Waals surface area contributed by atoms with Crippen LogP contribution in [0.4, 0.5) is 68.7 Å². The maximum Gasteiger partial charge on any atom is 0.495 e. The monoisotopic (exact) mass is 1720 g/mol. The molecule has 0 spiro atoms. The number of nitrogens with two attached hydrogens (primary N) is 6. The Morgan fingerprint density at radius 1 is 0.535 bits per heavy atom. The molecule has 1 aliphatic rings. The van der Waals surface area contributed by atoms with Crippen LogP contribution < -0.4 is 93.0 Å². The third kappa shape index (κ3) is 34.3. The van der Waals surface area contributed by atoms with Crippen LogP contribution in [0.5, 0.6) is 0 Å². The van der Waals surface area contributed by atoms with Gasteiger partial charge in [0.2, 0.25) is 35.0 Å². The number of fused-ring (bicyclic) bond motifs is 1. The van der Waals surface area contributed by atoms with Crippen molar-refractivity contribution in [3.63, 3.8) is 0 Å². The standard InChI is InChI=1S/C17H21N7O2.C13H16N6O2.C13H18N6.C12H17BN2O4.C7H11BrN4.C4H2BrClN2.C3H10N2.C2H6N2/c1-3-26-17(25)24-16-22-13-5-4-11(8-14(13)23-16)12-9-20-15(21-10-12)19-7-6-18-2;1-15-4-5-16-13-17-7-10(8-18-13)9-2-3-11(14)12(6-9)19(20)21;1-16-4-5-17-13-18-7-10(8-19-13)9-2-3-11(14)12(15)6-9;1-11(2)12(3,4)19-13(18-11)8-5-6-9(14)10(7-8)15(16)17;1-9-2-3-10-7-11-4-6(8)5-12-7;5-3-1-7-4(6)8-2-3;1-5-3-2-4;1-2(3)4/h4-5,8-10,18H,3,6-7H2,1-2H3,(H,19,20,21)(H2,22,23,24,25);2-3,6-8,15H,4-5,14H2,1H3,(H,16,17,18);2-3,6-8,16H,4-5,14-15H2,1H3,(H,17,18,19);5-7H,14H2,1-4H3;4-5,9H,2-3H2,1H3,(H,10,11,12);1-2H;5H,2-4H2,1H3;1H3,(H3,3,4). The number of amidine groups is 1. The van der Waals surface area contributed by atoms with Crippen molar-refractivity contribution < 1.29 is 28.7 Å². The molecule has 10 aromatic rings. The fraction of sp³-hybridized carbons (Fsp3) is 0.338. The largest absolute Gasteiger partial charge is 0.495 e. The predicted octanol–water partition coefficient (Wildman–Crippen LogP) is 7.77. The lowest BCUT2D eigenvalue weighted by atomic mass is 9.79. The number of aromatic amines is 1. The van der Waals surface area contributed by atoms with Gasteiger partial charge in [-0.1, -0.05) is 24.3 Å². The average molecular weight is 1720 g/mol. The maximum absolute atomic E-state index is 11.5. The number of nitro groups is 2. The number of nitro benzene ring substituents is 2. The van der Waals surface area contributed by atoms with E-state index in [1.807, 2.05) is 93.3 Å². The zero-order chi connectivity index (χ0) is 84.2. The van der Waals surface area contributed by atoms with Crippen LogP contribution in [0.1, 0.15) is 41.5 Å². The van der Waals surface area contributed by atoms with Crippen molar-refractivity contribution in [3.05, 3.63) is 169 Å². The molecule has 39 nitrogen and oxygen atoms in total. The van der Waals surface area contributed by atoms with E-state index in [4.69, 9.17) is 65.5 Å². The number of nitrogen functional groups attached to an aromatic ring is 4. The number of carbonyl (C=O) groups is 1. The number of ether oxygens (including phenoxy) is 1. The van der Waals surface area contributed by atoms with Gasteiger partial charge in [0.05, 0.1) is 64.8 Å². The summed E-state index contributed by atoms with van der Waals surface area (Å²) >= 11 is 11.8. The molecule has 43 heteroatoms. The smallest absolute Gasteiger partial charge is 0.450 e. The minimum Gasteiger partial charge on any atom is -0.450 e. The van der Waals surface area contributed by atoms with E-state index in [-0.39, 0.29) is 33.9 Å². The van der Waals surface area contributed by atoms with Gasteiger partial charge in [-0.25, -0.2) is 59.6 Å². The highest BCUT2D eigenvalue weighted by Crippen LogP contribution is 2.37. The van der Waals surface area contributed by atoms with Gasteiger partial charge in [0.15, 0.2) is 0 Å². The molecule has 0 aliphatic carbocycles. The van der Waals surface area contributed by atoms with Gasteiger partial charge in [-0.05, 0) is 179 Å². The molecule has 0 bridgehead atoms.